The second-order valence-corrected chi connectivity index (χ2v) is 4.64. The summed E-state index contributed by atoms with van der Waals surface area (Å²) in [5.74, 6) is -1.01. The van der Waals surface area contributed by atoms with Crippen molar-refractivity contribution in [2.24, 2.45) is 0 Å². The van der Waals surface area contributed by atoms with E-state index < -0.39 is 5.97 Å². The van der Waals surface area contributed by atoms with Crippen molar-refractivity contribution >= 4 is 32.8 Å². The number of aromatic nitrogens is 1. The van der Waals surface area contributed by atoms with E-state index in [-0.39, 0.29) is 12.0 Å². The van der Waals surface area contributed by atoms with Crippen LogP contribution in [0.2, 0.25) is 0 Å². The topological polar surface area (TPSA) is 70.2 Å². The first-order chi connectivity index (χ1) is 8.00. The highest BCUT2D eigenvalue weighted by Crippen LogP contribution is 2.24. The number of aromatic amines is 1. The maximum atomic E-state index is 11.8. The maximum Gasteiger partial charge on any atom is 0.308 e. The van der Waals surface area contributed by atoms with Gasteiger partial charge in [-0.3, -0.25) is 9.59 Å². The summed E-state index contributed by atoms with van der Waals surface area (Å²) in [7, 11) is 0. The summed E-state index contributed by atoms with van der Waals surface area (Å²) in [6.07, 6.45) is -0.260. The van der Waals surface area contributed by atoms with E-state index in [4.69, 9.17) is 5.11 Å². The number of hydrogen-bond donors (Lipinski definition) is 2. The molecule has 0 unspecified atom stereocenters. The van der Waals surface area contributed by atoms with Crippen molar-refractivity contribution in [3.63, 3.8) is 0 Å². The molecule has 1 aromatic carbocycles. The van der Waals surface area contributed by atoms with Gasteiger partial charge in [0.15, 0.2) is 0 Å². The Bertz CT molecular complexity index is 661. The molecule has 2 N–H and O–H groups in total. The van der Waals surface area contributed by atoms with Crippen molar-refractivity contribution in [2.45, 2.75) is 13.3 Å². The van der Waals surface area contributed by atoms with Gasteiger partial charge in [-0.15, -0.1) is 0 Å². The third-order valence-corrected chi connectivity index (χ3v) is 3.37. The largest absolute Gasteiger partial charge is 0.481 e. The number of aliphatic carboxylic acids is 1. The first kappa shape index (κ1) is 11.9. The van der Waals surface area contributed by atoms with E-state index in [1.54, 1.807) is 6.92 Å². The summed E-state index contributed by atoms with van der Waals surface area (Å²) < 4.78 is 0.789. The zero-order chi connectivity index (χ0) is 12.6. The molecule has 2 rings (SSSR count). The van der Waals surface area contributed by atoms with E-state index in [2.05, 4.69) is 20.9 Å². The number of benzene rings is 1. The number of carboxylic acid groups (broad SMARTS) is 1. The Labute approximate surface area is 105 Å². The molecule has 1 aromatic heterocycles. The average molecular weight is 296 g/mol. The van der Waals surface area contributed by atoms with Crippen LogP contribution in [-0.4, -0.2) is 16.1 Å². The SMILES string of the molecule is Cc1c(CC(=O)O)c(=O)[nH]c2c(Br)cccc12. The van der Waals surface area contributed by atoms with Gasteiger partial charge >= 0.3 is 5.97 Å². The number of H-pyrrole nitrogens is 1. The van der Waals surface area contributed by atoms with Crippen molar-refractivity contribution in [3.8, 4) is 0 Å². The fraction of sp³-hybridized carbons (Fsp3) is 0.167. The predicted octanol–water partition coefficient (Wildman–Crippen LogP) is 2.23. The van der Waals surface area contributed by atoms with Crippen LogP contribution in [0.5, 0.6) is 0 Å². The predicted molar refractivity (Wildman–Crippen MR) is 68.3 cm³/mol. The van der Waals surface area contributed by atoms with Gasteiger partial charge in [-0.05, 0) is 34.5 Å². The van der Waals surface area contributed by atoms with Crippen molar-refractivity contribution in [2.75, 3.05) is 0 Å². The van der Waals surface area contributed by atoms with Crippen LogP contribution in [0.25, 0.3) is 10.9 Å². The highest BCUT2D eigenvalue weighted by molar-refractivity contribution is 9.10. The molecule has 0 saturated carbocycles. The second kappa shape index (κ2) is 4.33. The zero-order valence-electron chi connectivity index (χ0n) is 9.08. The molecule has 0 bridgehead atoms. The molecule has 0 atom stereocenters. The number of fused-ring (bicyclic) bond motifs is 1. The molecule has 0 aliphatic heterocycles. The van der Waals surface area contributed by atoms with E-state index in [9.17, 15) is 9.59 Å². The van der Waals surface area contributed by atoms with Gasteiger partial charge in [0.2, 0.25) is 0 Å². The molecule has 0 radical (unpaired) electrons. The maximum absolute atomic E-state index is 11.8. The van der Waals surface area contributed by atoms with Crippen molar-refractivity contribution < 1.29 is 9.90 Å². The summed E-state index contributed by atoms with van der Waals surface area (Å²) in [5, 5.41) is 9.64. The molecule has 0 spiro atoms. The minimum atomic E-state index is -1.01. The second-order valence-electron chi connectivity index (χ2n) is 3.79. The number of carboxylic acids is 1. The minimum Gasteiger partial charge on any atom is -0.481 e. The lowest BCUT2D eigenvalue weighted by Gasteiger charge is -2.08. The molecule has 0 aliphatic rings. The highest BCUT2D eigenvalue weighted by Gasteiger charge is 2.13. The third-order valence-electron chi connectivity index (χ3n) is 2.71. The molecule has 17 heavy (non-hydrogen) atoms. The van der Waals surface area contributed by atoms with Crippen LogP contribution < -0.4 is 5.56 Å². The molecule has 0 fully saturated rings. The van der Waals surface area contributed by atoms with Gasteiger partial charge in [-0.2, -0.15) is 0 Å². The molecular formula is C12H10BrNO3. The normalized spacial score (nSPS) is 10.7. The van der Waals surface area contributed by atoms with Gasteiger partial charge in [-0.25, -0.2) is 0 Å². The Morgan fingerprint density at radius 3 is 2.82 bits per heavy atom. The summed E-state index contributed by atoms with van der Waals surface area (Å²) in [5.41, 5.74) is 1.38. The van der Waals surface area contributed by atoms with Gasteiger partial charge < -0.3 is 10.1 Å². The molecule has 2 aromatic rings. The minimum absolute atomic E-state index is 0.260. The van der Waals surface area contributed by atoms with E-state index in [1.807, 2.05) is 18.2 Å². The number of aryl methyl sites for hydroxylation is 1. The van der Waals surface area contributed by atoms with Gasteiger partial charge in [0.05, 0.1) is 11.9 Å². The first-order valence-corrected chi connectivity index (χ1v) is 5.81. The monoisotopic (exact) mass is 295 g/mol. The Kier molecular flexibility index (Phi) is 3.02. The molecule has 5 heteroatoms. The summed E-state index contributed by atoms with van der Waals surface area (Å²) in [4.78, 5) is 25.2. The fourth-order valence-electron chi connectivity index (χ4n) is 1.85. The van der Waals surface area contributed by atoms with Crippen LogP contribution in [-0.2, 0) is 11.2 Å². The quantitative estimate of drug-likeness (QED) is 0.892. The summed E-state index contributed by atoms with van der Waals surface area (Å²) >= 11 is 3.35. The Morgan fingerprint density at radius 1 is 1.47 bits per heavy atom. The van der Waals surface area contributed by atoms with E-state index in [0.29, 0.717) is 16.6 Å². The molecule has 0 saturated heterocycles. The lowest BCUT2D eigenvalue weighted by molar-refractivity contribution is -0.136. The zero-order valence-corrected chi connectivity index (χ0v) is 10.7. The van der Waals surface area contributed by atoms with E-state index in [0.717, 1.165) is 9.86 Å². The molecular weight excluding hydrogens is 286 g/mol. The van der Waals surface area contributed by atoms with Gasteiger partial charge in [0.25, 0.3) is 5.56 Å². The Hall–Kier alpha value is -1.62. The lowest BCUT2D eigenvalue weighted by atomic mass is 10.0. The van der Waals surface area contributed by atoms with Crippen LogP contribution in [0, 0.1) is 6.92 Å². The molecule has 1 heterocycles. The standard InChI is InChI=1S/C12H10BrNO3/c1-6-7-3-2-4-9(13)11(7)14-12(17)8(6)5-10(15)16/h2-4H,5H2,1H3,(H,14,17)(H,15,16). The third kappa shape index (κ3) is 2.10. The van der Waals surface area contributed by atoms with Gasteiger partial charge in [0.1, 0.15) is 0 Å². The van der Waals surface area contributed by atoms with Crippen molar-refractivity contribution in [1.29, 1.82) is 0 Å². The van der Waals surface area contributed by atoms with E-state index >= 15 is 0 Å². The fourth-order valence-corrected chi connectivity index (χ4v) is 2.31. The number of hydrogen-bond acceptors (Lipinski definition) is 2. The van der Waals surface area contributed by atoms with Crippen molar-refractivity contribution in [3.05, 3.63) is 44.2 Å². The van der Waals surface area contributed by atoms with Crippen LogP contribution in [0.3, 0.4) is 0 Å². The van der Waals surface area contributed by atoms with Crippen molar-refractivity contribution in [1.82, 2.24) is 4.98 Å². The van der Waals surface area contributed by atoms with Crippen LogP contribution in [0.4, 0.5) is 0 Å². The number of halogens is 1. The highest BCUT2D eigenvalue weighted by atomic mass is 79.9. The van der Waals surface area contributed by atoms with E-state index in [1.165, 1.54) is 0 Å². The number of rotatable bonds is 2. The van der Waals surface area contributed by atoms with Gasteiger partial charge in [0, 0.05) is 15.4 Å². The van der Waals surface area contributed by atoms with Crippen LogP contribution >= 0.6 is 15.9 Å². The average Bonchev–Trinajstić information content (AvgIpc) is 2.26. The summed E-state index contributed by atoms with van der Waals surface area (Å²) in [6.45, 7) is 1.77. The van der Waals surface area contributed by atoms with Crippen LogP contribution in [0.1, 0.15) is 11.1 Å². The summed E-state index contributed by atoms with van der Waals surface area (Å²) in [6, 6.07) is 5.54. The number of carbonyl (C=O) groups is 1. The lowest BCUT2D eigenvalue weighted by Crippen LogP contribution is -2.18. The Morgan fingerprint density at radius 2 is 2.18 bits per heavy atom. The molecule has 0 aliphatic carbocycles. The Balaban J connectivity index is 2.81. The van der Waals surface area contributed by atoms with Gasteiger partial charge in [-0.1, -0.05) is 12.1 Å². The molecule has 88 valence electrons. The number of pyridine rings is 1. The smallest absolute Gasteiger partial charge is 0.308 e. The number of para-hydroxylation sites is 1. The first-order valence-electron chi connectivity index (χ1n) is 5.02. The van der Waals surface area contributed by atoms with Crippen LogP contribution in [0.15, 0.2) is 27.5 Å². The molecule has 4 nitrogen and oxygen atoms in total. The number of nitrogens with one attached hydrogen (secondary N) is 1. The molecule has 0 amide bonds.